The van der Waals surface area contributed by atoms with E-state index in [4.69, 9.17) is 15.9 Å². The van der Waals surface area contributed by atoms with Crippen LogP contribution in [0.5, 0.6) is 0 Å². The van der Waals surface area contributed by atoms with Gasteiger partial charge in [0.15, 0.2) is 0 Å². The van der Waals surface area contributed by atoms with Gasteiger partial charge < -0.3 is 47.4 Å². The number of carboxylic acids is 1. The molecule has 10 N–H and O–H groups in total. The lowest BCUT2D eigenvalue weighted by Crippen LogP contribution is -2.57. The zero-order chi connectivity index (χ0) is 24.1. The summed E-state index contributed by atoms with van der Waals surface area (Å²) in [6.07, 6.45) is 0.621. The minimum Gasteiger partial charge on any atom is -0.480 e. The first-order valence-electron chi connectivity index (χ1n) is 9.50. The average Bonchev–Trinajstić information content (AvgIpc) is 2.75. The van der Waals surface area contributed by atoms with Crippen molar-refractivity contribution in [2.45, 2.75) is 44.4 Å². The van der Waals surface area contributed by atoms with Gasteiger partial charge in [-0.05, 0) is 5.92 Å². The SMILES string of the molecule is CCC(C)C(N)C(=O)N[C@@H](CO)C(=O)NCC(=O)N[C@@H](CO)C(=O)N[C@@H](CO)C(=O)O. The number of nitrogens with one attached hydrogen (secondary N) is 4. The van der Waals surface area contributed by atoms with E-state index in [0.29, 0.717) is 6.42 Å². The third-order valence-electron chi connectivity index (χ3n) is 4.43. The van der Waals surface area contributed by atoms with Gasteiger partial charge in [0, 0.05) is 0 Å². The largest absolute Gasteiger partial charge is 0.480 e. The van der Waals surface area contributed by atoms with E-state index in [0.717, 1.165) is 0 Å². The zero-order valence-electron chi connectivity index (χ0n) is 17.3. The number of aliphatic hydroxyl groups is 3. The Balaban J connectivity index is 4.73. The molecule has 0 aliphatic rings. The van der Waals surface area contributed by atoms with Gasteiger partial charge in [0.05, 0.1) is 32.4 Å². The zero-order valence-corrected chi connectivity index (χ0v) is 17.3. The van der Waals surface area contributed by atoms with Crippen LogP contribution in [-0.4, -0.2) is 101 Å². The minimum absolute atomic E-state index is 0.165. The van der Waals surface area contributed by atoms with Gasteiger partial charge in [0.2, 0.25) is 23.6 Å². The smallest absolute Gasteiger partial charge is 0.328 e. The molecule has 0 fully saturated rings. The number of aliphatic hydroxyl groups excluding tert-OH is 3. The summed E-state index contributed by atoms with van der Waals surface area (Å²) in [5.41, 5.74) is 5.75. The summed E-state index contributed by atoms with van der Waals surface area (Å²) in [4.78, 5) is 58.8. The van der Waals surface area contributed by atoms with Crippen LogP contribution in [0.4, 0.5) is 0 Å². The number of amides is 4. The molecule has 0 saturated carbocycles. The maximum Gasteiger partial charge on any atom is 0.328 e. The normalized spacial score (nSPS) is 15.5. The average molecular weight is 449 g/mol. The Morgan fingerprint density at radius 2 is 1.29 bits per heavy atom. The van der Waals surface area contributed by atoms with Crippen molar-refractivity contribution >= 4 is 29.6 Å². The van der Waals surface area contributed by atoms with Gasteiger partial charge in [0.1, 0.15) is 18.1 Å². The van der Waals surface area contributed by atoms with Crippen molar-refractivity contribution in [1.29, 1.82) is 0 Å². The van der Waals surface area contributed by atoms with Crippen LogP contribution in [0.1, 0.15) is 20.3 Å². The number of carbonyl (C=O) groups is 5. The highest BCUT2D eigenvalue weighted by Crippen LogP contribution is 2.05. The van der Waals surface area contributed by atoms with E-state index in [-0.39, 0.29) is 5.92 Å². The van der Waals surface area contributed by atoms with E-state index >= 15 is 0 Å². The second-order valence-corrected chi connectivity index (χ2v) is 6.76. The van der Waals surface area contributed by atoms with Crippen molar-refractivity contribution in [3.63, 3.8) is 0 Å². The number of hydrogen-bond donors (Lipinski definition) is 9. The van der Waals surface area contributed by atoms with Gasteiger partial charge >= 0.3 is 5.97 Å². The maximum atomic E-state index is 12.1. The van der Waals surface area contributed by atoms with Gasteiger partial charge in [0.25, 0.3) is 0 Å². The molecule has 31 heavy (non-hydrogen) atoms. The third kappa shape index (κ3) is 9.69. The van der Waals surface area contributed by atoms with Crippen LogP contribution in [0.2, 0.25) is 0 Å². The number of carboxylic acid groups (broad SMARTS) is 1. The molecule has 0 aromatic rings. The van der Waals surface area contributed by atoms with E-state index in [1.165, 1.54) is 0 Å². The van der Waals surface area contributed by atoms with Crippen molar-refractivity contribution in [2.24, 2.45) is 11.7 Å². The van der Waals surface area contributed by atoms with Crippen molar-refractivity contribution in [1.82, 2.24) is 21.3 Å². The number of aliphatic carboxylic acids is 1. The van der Waals surface area contributed by atoms with E-state index in [1.807, 2.05) is 12.2 Å². The van der Waals surface area contributed by atoms with E-state index in [2.05, 4.69) is 16.0 Å². The molecule has 4 amide bonds. The van der Waals surface area contributed by atoms with Crippen LogP contribution in [0.15, 0.2) is 0 Å². The Morgan fingerprint density at radius 3 is 1.74 bits per heavy atom. The lowest BCUT2D eigenvalue weighted by Gasteiger charge is -2.22. The van der Waals surface area contributed by atoms with Crippen LogP contribution < -0.4 is 27.0 Å². The molecule has 0 aromatic carbocycles. The molecule has 0 aromatic heterocycles. The first-order chi connectivity index (χ1) is 14.5. The van der Waals surface area contributed by atoms with Crippen LogP contribution in [0, 0.1) is 5.92 Å². The van der Waals surface area contributed by atoms with Crippen LogP contribution in [-0.2, 0) is 24.0 Å². The summed E-state index contributed by atoms with van der Waals surface area (Å²) in [7, 11) is 0. The monoisotopic (exact) mass is 449 g/mol. The Kier molecular flexibility index (Phi) is 12.9. The van der Waals surface area contributed by atoms with Crippen molar-refractivity contribution in [3.8, 4) is 0 Å². The Morgan fingerprint density at radius 1 is 0.806 bits per heavy atom. The highest BCUT2D eigenvalue weighted by Gasteiger charge is 2.27. The molecule has 0 aliphatic carbocycles. The summed E-state index contributed by atoms with van der Waals surface area (Å²) >= 11 is 0. The summed E-state index contributed by atoms with van der Waals surface area (Å²) in [6.45, 7) is 0.360. The molecule has 0 spiro atoms. The number of hydrogen-bond acceptors (Lipinski definition) is 9. The molecule has 5 atom stereocenters. The van der Waals surface area contributed by atoms with Crippen molar-refractivity contribution < 1.29 is 44.4 Å². The van der Waals surface area contributed by atoms with Gasteiger partial charge in [-0.1, -0.05) is 20.3 Å². The van der Waals surface area contributed by atoms with Crippen LogP contribution in [0.3, 0.4) is 0 Å². The molecule has 0 heterocycles. The molecule has 14 heteroatoms. The second-order valence-electron chi connectivity index (χ2n) is 6.76. The molecule has 14 nitrogen and oxygen atoms in total. The first kappa shape index (κ1) is 28.2. The minimum atomic E-state index is -1.63. The quantitative estimate of drug-likeness (QED) is 0.122. The molecule has 0 radical (unpaired) electrons. The summed E-state index contributed by atoms with van der Waals surface area (Å²) in [5.74, 6) is -5.21. The molecule has 0 bridgehead atoms. The predicted octanol–water partition coefficient (Wildman–Crippen LogP) is -5.01. The van der Waals surface area contributed by atoms with Gasteiger partial charge in [-0.25, -0.2) is 4.79 Å². The lowest BCUT2D eigenvalue weighted by atomic mass is 9.99. The second kappa shape index (κ2) is 14.2. The molecule has 0 rings (SSSR count). The van der Waals surface area contributed by atoms with Gasteiger partial charge in [-0.15, -0.1) is 0 Å². The van der Waals surface area contributed by atoms with E-state index in [1.54, 1.807) is 6.92 Å². The van der Waals surface area contributed by atoms with E-state index < -0.39 is 80.1 Å². The highest BCUT2D eigenvalue weighted by atomic mass is 16.4. The fourth-order valence-electron chi connectivity index (χ4n) is 2.16. The fourth-order valence-corrected chi connectivity index (χ4v) is 2.16. The Hall–Kier alpha value is -2.81. The Bertz CT molecular complexity index is 645. The molecular weight excluding hydrogens is 418 g/mol. The van der Waals surface area contributed by atoms with Crippen molar-refractivity contribution in [2.75, 3.05) is 26.4 Å². The predicted molar refractivity (Wildman–Crippen MR) is 105 cm³/mol. The summed E-state index contributed by atoms with van der Waals surface area (Å²) < 4.78 is 0. The fraction of sp³-hybridized carbons (Fsp3) is 0.706. The maximum absolute atomic E-state index is 12.1. The van der Waals surface area contributed by atoms with Gasteiger partial charge in [-0.2, -0.15) is 0 Å². The summed E-state index contributed by atoms with van der Waals surface area (Å²) in [6, 6.07) is -5.44. The molecule has 0 saturated heterocycles. The van der Waals surface area contributed by atoms with E-state index in [9.17, 15) is 34.2 Å². The highest BCUT2D eigenvalue weighted by molar-refractivity contribution is 5.94. The molecular formula is C17H31N5O9. The number of rotatable bonds is 14. The first-order valence-corrected chi connectivity index (χ1v) is 9.50. The molecule has 2 unspecified atom stereocenters. The summed E-state index contributed by atoms with van der Waals surface area (Å²) in [5, 5.41) is 44.6. The Labute approximate surface area is 178 Å². The number of carbonyl (C=O) groups excluding carboxylic acids is 4. The van der Waals surface area contributed by atoms with Gasteiger partial charge in [-0.3, -0.25) is 19.2 Å². The number of nitrogens with two attached hydrogens (primary N) is 1. The molecule has 0 aliphatic heterocycles. The topological polar surface area (TPSA) is 240 Å². The van der Waals surface area contributed by atoms with Crippen LogP contribution in [0.25, 0.3) is 0 Å². The third-order valence-corrected chi connectivity index (χ3v) is 4.43. The molecule has 178 valence electrons. The lowest BCUT2D eigenvalue weighted by molar-refractivity contribution is -0.143. The van der Waals surface area contributed by atoms with Crippen LogP contribution >= 0.6 is 0 Å². The standard InChI is InChI=1S/C17H31N5O9/c1-3-8(2)13(18)16(29)21-9(5-23)14(27)19-4-12(26)20-10(6-24)15(28)22-11(7-25)17(30)31/h8-11,13,23-25H,3-7,18H2,1-2H3,(H,19,27)(H,20,26)(H,21,29)(H,22,28)(H,30,31)/t8?,9-,10-,11-,13?/m0/s1. The van der Waals surface area contributed by atoms with Crippen molar-refractivity contribution in [3.05, 3.63) is 0 Å².